The molecule has 4 rings (SSSR count). The maximum absolute atomic E-state index is 13.8. The number of hydrogen-bond donors (Lipinski definition) is 3. The molecule has 3 atom stereocenters. The van der Waals surface area contributed by atoms with Crippen LogP contribution in [0.3, 0.4) is 0 Å². The lowest BCUT2D eigenvalue weighted by Gasteiger charge is -2.31. The molecular weight excluding hydrogens is 596 g/mol. The number of aliphatic hydroxyl groups excluding tert-OH is 2. The summed E-state index contributed by atoms with van der Waals surface area (Å²) in [5.74, 6) is -3.11. The van der Waals surface area contributed by atoms with E-state index >= 15 is 0 Å². The number of nitrogens with zero attached hydrogens (tertiary/aromatic N) is 2. The summed E-state index contributed by atoms with van der Waals surface area (Å²) < 4.78 is 60.8. The second-order valence-electron chi connectivity index (χ2n) is 11.0. The minimum absolute atomic E-state index is 0.00613. The molecule has 2 amide bonds. The molecule has 0 saturated carbocycles. The molecular formula is C31H35F2N3O7S. The third kappa shape index (κ3) is 7.97. The molecule has 3 N–H and O–H groups in total. The number of anilines is 1. The van der Waals surface area contributed by atoms with Crippen LogP contribution in [0.4, 0.5) is 19.3 Å². The number of hydrogen-bond acceptors (Lipinski definition) is 7. The molecule has 1 saturated heterocycles. The predicted octanol–water partition coefficient (Wildman–Crippen LogP) is 3.22. The zero-order chi connectivity index (χ0) is 32.0. The Hall–Kier alpha value is -3.91. The molecule has 0 radical (unpaired) electrons. The van der Waals surface area contributed by atoms with Gasteiger partial charge in [0.25, 0.3) is 5.91 Å². The normalized spacial score (nSPS) is 16.7. The van der Waals surface area contributed by atoms with Gasteiger partial charge in [0.05, 0.1) is 35.9 Å². The van der Waals surface area contributed by atoms with E-state index < -0.39 is 51.9 Å². The first-order valence-corrected chi connectivity index (χ1v) is 15.5. The number of halogens is 2. The topological polar surface area (TPSA) is 136 Å². The molecule has 1 fully saturated rings. The highest BCUT2D eigenvalue weighted by Crippen LogP contribution is 2.24. The van der Waals surface area contributed by atoms with E-state index in [4.69, 9.17) is 4.74 Å². The van der Waals surface area contributed by atoms with Crippen molar-refractivity contribution in [2.24, 2.45) is 5.92 Å². The van der Waals surface area contributed by atoms with Gasteiger partial charge in [0.2, 0.25) is 10.0 Å². The fraction of sp³-hybridized carbons (Fsp3) is 0.355. The Kier molecular flexibility index (Phi) is 10.7. The summed E-state index contributed by atoms with van der Waals surface area (Å²) in [6.07, 6.45) is -3.52. The number of aliphatic hydroxyl groups is 2. The fourth-order valence-corrected chi connectivity index (χ4v) is 6.44. The Bertz CT molecular complexity index is 1560. The molecule has 3 aromatic carbocycles. The third-order valence-corrected chi connectivity index (χ3v) is 8.96. The molecule has 1 heterocycles. The lowest BCUT2D eigenvalue weighted by Crippen LogP contribution is -2.53. The first-order chi connectivity index (χ1) is 20.9. The van der Waals surface area contributed by atoms with Crippen molar-refractivity contribution < 1.29 is 41.7 Å². The van der Waals surface area contributed by atoms with Crippen molar-refractivity contribution in [1.82, 2.24) is 9.62 Å². The van der Waals surface area contributed by atoms with E-state index in [9.17, 15) is 37.0 Å². The number of nitrogens with one attached hydrogen (secondary N) is 1. The monoisotopic (exact) mass is 631 g/mol. The van der Waals surface area contributed by atoms with E-state index in [1.807, 2.05) is 13.8 Å². The van der Waals surface area contributed by atoms with Crippen LogP contribution >= 0.6 is 0 Å². The van der Waals surface area contributed by atoms with Crippen LogP contribution in [0.15, 0.2) is 77.7 Å². The van der Waals surface area contributed by atoms with Crippen molar-refractivity contribution in [1.29, 1.82) is 0 Å². The molecule has 0 spiro atoms. The molecule has 13 heteroatoms. The van der Waals surface area contributed by atoms with Crippen LogP contribution in [-0.4, -0.2) is 72.8 Å². The quantitative estimate of drug-likeness (QED) is 0.264. The lowest BCUT2D eigenvalue weighted by molar-refractivity contribution is -0.129. The number of benzene rings is 3. The van der Waals surface area contributed by atoms with Crippen LogP contribution in [0.2, 0.25) is 0 Å². The summed E-state index contributed by atoms with van der Waals surface area (Å²) in [4.78, 5) is 26.8. The third-order valence-electron chi connectivity index (χ3n) is 7.11. The van der Waals surface area contributed by atoms with E-state index in [0.29, 0.717) is 5.56 Å². The summed E-state index contributed by atoms with van der Waals surface area (Å²) >= 11 is 0. The highest BCUT2D eigenvalue weighted by molar-refractivity contribution is 7.89. The standard InChI is InChI=1S/C31H35F2N3O7S/c1-20(2)16-35(44(41,42)24-11-8-22(19-37)9-12-24)17-28(38)27(14-21-6-4-3-5-7-21)34-30(39)29-18-36(31(40)43-29)23-10-13-25(32)26(33)15-23/h3-13,15,20,27-29,37-38H,14,16-19H2,1-2H3,(H,34,39)/t27-,28+,29-/m0/s1. The fourth-order valence-electron chi connectivity index (χ4n) is 4.82. The van der Waals surface area contributed by atoms with Gasteiger partial charge in [-0.1, -0.05) is 56.3 Å². The molecule has 0 aromatic heterocycles. The predicted molar refractivity (Wildman–Crippen MR) is 158 cm³/mol. The van der Waals surface area contributed by atoms with Gasteiger partial charge in [0.1, 0.15) is 0 Å². The molecule has 10 nitrogen and oxygen atoms in total. The SMILES string of the molecule is CC(C)CN(C[C@@H](O)[C@H](Cc1ccccc1)NC(=O)[C@@H]1CN(c2ccc(F)c(F)c2)C(=O)O1)S(=O)(=O)c1ccc(CO)cc1. The van der Waals surface area contributed by atoms with Crippen molar-refractivity contribution >= 4 is 27.7 Å². The molecule has 1 aliphatic heterocycles. The summed E-state index contributed by atoms with van der Waals surface area (Å²) in [5, 5.41) is 23.5. The number of rotatable bonds is 13. The molecule has 0 aliphatic carbocycles. The summed E-state index contributed by atoms with van der Waals surface area (Å²) in [6, 6.07) is 16.6. The van der Waals surface area contributed by atoms with E-state index in [2.05, 4.69) is 5.32 Å². The second kappa shape index (κ2) is 14.2. The molecule has 1 aliphatic rings. The summed E-state index contributed by atoms with van der Waals surface area (Å²) in [5.41, 5.74) is 1.30. The smallest absolute Gasteiger partial charge is 0.415 e. The average Bonchev–Trinajstić information content (AvgIpc) is 3.39. The first kappa shape index (κ1) is 33.0. The zero-order valence-corrected chi connectivity index (χ0v) is 25.1. The second-order valence-corrected chi connectivity index (χ2v) is 12.9. The van der Waals surface area contributed by atoms with Gasteiger partial charge < -0.3 is 20.3 Å². The van der Waals surface area contributed by atoms with Gasteiger partial charge in [-0.2, -0.15) is 4.31 Å². The lowest BCUT2D eigenvalue weighted by atomic mass is 10.0. The van der Waals surface area contributed by atoms with Crippen molar-refractivity contribution in [3.05, 3.63) is 95.6 Å². The Balaban J connectivity index is 1.55. The highest BCUT2D eigenvalue weighted by Gasteiger charge is 2.39. The largest absolute Gasteiger partial charge is 0.434 e. The van der Waals surface area contributed by atoms with Gasteiger partial charge in [0.15, 0.2) is 17.7 Å². The number of ether oxygens (including phenoxy) is 1. The minimum atomic E-state index is -4.07. The van der Waals surface area contributed by atoms with E-state index in [1.54, 1.807) is 30.3 Å². The number of amides is 2. The van der Waals surface area contributed by atoms with E-state index in [0.717, 1.165) is 26.9 Å². The van der Waals surface area contributed by atoms with Gasteiger partial charge in [-0.25, -0.2) is 22.0 Å². The van der Waals surface area contributed by atoms with Crippen LogP contribution in [0.1, 0.15) is 25.0 Å². The number of cyclic esters (lactones) is 1. The Morgan fingerprint density at radius 2 is 1.70 bits per heavy atom. The van der Waals surface area contributed by atoms with E-state index in [-0.39, 0.29) is 49.2 Å². The Morgan fingerprint density at radius 3 is 2.32 bits per heavy atom. The Morgan fingerprint density at radius 1 is 1.02 bits per heavy atom. The van der Waals surface area contributed by atoms with Gasteiger partial charge in [-0.15, -0.1) is 0 Å². The van der Waals surface area contributed by atoms with Crippen molar-refractivity contribution in [2.75, 3.05) is 24.5 Å². The number of carbonyl (C=O) groups excluding carboxylic acids is 2. The van der Waals surface area contributed by atoms with Crippen LogP contribution < -0.4 is 10.2 Å². The van der Waals surface area contributed by atoms with Crippen LogP contribution in [0, 0.1) is 17.6 Å². The maximum atomic E-state index is 13.8. The van der Waals surface area contributed by atoms with E-state index in [1.165, 1.54) is 30.3 Å². The van der Waals surface area contributed by atoms with Crippen LogP contribution in [0.25, 0.3) is 0 Å². The summed E-state index contributed by atoms with van der Waals surface area (Å²) in [6.45, 7) is 2.86. The number of carbonyl (C=O) groups is 2. The van der Waals surface area contributed by atoms with Crippen LogP contribution in [-0.2, 0) is 32.6 Å². The van der Waals surface area contributed by atoms with Gasteiger partial charge in [-0.3, -0.25) is 9.69 Å². The Labute approximate surface area is 254 Å². The van der Waals surface area contributed by atoms with Gasteiger partial charge >= 0.3 is 6.09 Å². The van der Waals surface area contributed by atoms with Gasteiger partial charge in [-0.05, 0) is 47.7 Å². The van der Waals surface area contributed by atoms with Crippen molar-refractivity contribution in [2.45, 2.75) is 50.0 Å². The highest BCUT2D eigenvalue weighted by atomic mass is 32.2. The van der Waals surface area contributed by atoms with Crippen LogP contribution in [0.5, 0.6) is 0 Å². The van der Waals surface area contributed by atoms with Crippen molar-refractivity contribution in [3.63, 3.8) is 0 Å². The van der Waals surface area contributed by atoms with Crippen molar-refractivity contribution in [3.8, 4) is 0 Å². The molecule has 44 heavy (non-hydrogen) atoms. The summed E-state index contributed by atoms with van der Waals surface area (Å²) in [7, 11) is -4.07. The zero-order valence-electron chi connectivity index (χ0n) is 24.3. The van der Waals surface area contributed by atoms with Gasteiger partial charge in [0, 0.05) is 19.2 Å². The minimum Gasteiger partial charge on any atom is -0.434 e. The first-order valence-electron chi connectivity index (χ1n) is 14.0. The molecule has 3 aromatic rings. The molecule has 0 bridgehead atoms. The average molecular weight is 632 g/mol. The molecule has 0 unspecified atom stereocenters. The number of sulfonamides is 1. The molecule has 236 valence electrons. The maximum Gasteiger partial charge on any atom is 0.415 e.